The molecular weight excluding hydrogens is 512 g/mol. The van der Waals surface area contributed by atoms with E-state index in [-0.39, 0.29) is 23.0 Å². The third-order valence-corrected chi connectivity index (χ3v) is 8.33. The molecule has 0 aromatic carbocycles. The summed E-state index contributed by atoms with van der Waals surface area (Å²) in [5.41, 5.74) is 8.73. The lowest BCUT2D eigenvalue weighted by Gasteiger charge is -2.38. The summed E-state index contributed by atoms with van der Waals surface area (Å²) in [5, 5.41) is 20.2. The fourth-order valence-electron chi connectivity index (χ4n) is 6.14. The number of rotatable bonds is 10. The molecule has 2 N–H and O–H groups in total. The monoisotopic (exact) mass is 568 g/mol. The molecule has 2 aliphatic carbocycles. The highest BCUT2D eigenvalue weighted by Crippen LogP contribution is 2.42. The summed E-state index contributed by atoms with van der Waals surface area (Å²) in [6, 6.07) is 0. The highest BCUT2D eigenvalue weighted by Gasteiger charge is 2.34. The Morgan fingerprint density at radius 1 is 0.714 bits per heavy atom. The quantitative estimate of drug-likeness (QED) is 0.203. The zero-order valence-corrected chi connectivity index (χ0v) is 27.9. The molecule has 0 radical (unpaired) electrons. The van der Waals surface area contributed by atoms with E-state index in [1.807, 2.05) is 6.08 Å². The van der Waals surface area contributed by atoms with Crippen molar-refractivity contribution in [3.05, 3.63) is 130 Å². The predicted molar refractivity (Wildman–Crippen MR) is 184 cm³/mol. The molecule has 0 aromatic rings. The molecular formula is C40H56O2. The summed E-state index contributed by atoms with van der Waals surface area (Å²) >= 11 is 0. The van der Waals surface area contributed by atoms with Crippen LogP contribution in [0.5, 0.6) is 0 Å². The van der Waals surface area contributed by atoms with E-state index in [1.165, 1.54) is 39.0 Å². The number of hydrogen-bond donors (Lipinski definition) is 2. The normalized spacial score (nSPS) is 26.6. The molecule has 2 aliphatic rings. The second-order valence-corrected chi connectivity index (χ2v) is 13.7. The Labute approximate surface area is 257 Å². The van der Waals surface area contributed by atoms with Crippen LogP contribution in [0.1, 0.15) is 88.5 Å². The Kier molecular flexibility index (Phi) is 13.5. The van der Waals surface area contributed by atoms with E-state index in [0.717, 1.165) is 19.3 Å². The van der Waals surface area contributed by atoms with Crippen LogP contribution in [0.3, 0.4) is 0 Å². The first-order valence-corrected chi connectivity index (χ1v) is 15.4. The minimum absolute atomic E-state index is 0.00528. The van der Waals surface area contributed by atoms with Crippen molar-refractivity contribution in [2.45, 2.75) is 101 Å². The van der Waals surface area contributed by atoms with Crippen LogP contribution >= 0.6 is 0 Å². The van der Waals surface area contributed by atoms with Crippen molar-refractivity contribution >= 4 is 0 Å². The van der Waals surface area contributed by atoms with Gasteiger partial charge in [0.2, 0.25) is 0 Å². The second-order valence-electron chi connectivity index (χ2n) is 13.7. The van der Waals surface area contributed by atoms with Gasteiger partial charge >= 0.3 is 0 Å². The van der Waals surface area contributed by atoms with E-state index in [0.29, 0.717) is 5.92 Å². The molecule has 0 aromatic heterocycles. The fraction of sp³-hybridized carbons (Fsp3) is 0.450. The minimum atomic E-state index is -0.331. The number of aliphatic hydroxyl groups is 2. The average molecular weight is 569 g/mol. The first-order chi connectivity index (χ1) is 19.6. The fourth-order valence-corrected chi connectivity index (χ4v) is 6.14. The maximum atomic E-state index is 10.1. The zero-order valence-electron chi connectivity index (χ0n) is 27.9. The van der Waals surface area contributed by atoms with E-state index in [4.69, 9.17) is 0 Å². The third-order valence-electron chi connectivity index (χ3n) is 8.33. The highest BCUT2D eigenvalue weighted by molar-refractivity contribution is 5.38. The third kappa shape index (κ3) is 11.7. The standard InChI is InChI=1S/C40H56O2/c1-29(17-13-19-31(3)21-23-37-33(5)25-35(41)27-39(37,7)8)15-11-12-16-30(2)18-14-20-32(4)22-24-38-34(6)26-36(42)28-40(38,9)10/h11-25,35-37,41-42H,26-28H2,1-10H3/b12-11+,17-13+,18-14+,23-21+,24-22+,29-15-,30-16-,31-19+,32-20+/t35-,36+,37-/m0/s1. The van der Waals surface area contributed by atoms with Crippen LogP contribution in [0.15, 0.2) is 130 Å². The van der Waals surface area contributed by atoms with E-state index in [1.54, 1.807) is 0 Å². The lowest BCUT2D eigenvalue weighted by Crippen LogP contribution is -2.32. The topological polar surface area (TPSA) is 40.5 Å². The first-order valence-electron chi connectivity index (χ1n) is 15.4. The Bertz CT molecular complexity index is 1270. The van der Waals surface area contributed by atoms with Gasteiger partial charge in [0.25, 0.3) is 0 Å². The van der Waals surface area contributed by atoms with Crippen LogP contribution in [-0.4, -0.2) is 22.4 Å². The summed E-state index contributed by atoms with van der Waals surface area (Å²) in [6.07, 6.45) is 33.8. The van der Waals surface area contributed by atoms with Crippen LogP contribution in [-0.2, 0) is 0 Å². The van der Waals surface area contributed by atoms with Gasteiger partial charge in [-0.2, -0.15) is 0 Å². The van der Waals surface area contributed by atoms with Crippen LogP contribution in [0.2, 0.25) is 0 Å². The van der Waals surface area contributed by atoms with Gasteiger partial charge in [0.05, 0.1) is 12.2 Å². The van der Waals surface area contributed by atoms with Gasteiger partial charge in [-0.05, 0) is 77.2 Å². The van der Waals surface area contributed by atoms with Crippen LogP contribution in [0, 0.1) is 16.7 Å². The lowest BCUT2D eigenvalue weighted by atomic mass is 9.67. The molecule has 0 saturated carbocycles. The molecule has 0 fully saturated rings. The summed E-state index contributed by atoms with van der Waals surface area (Å²) in [5.74, 6) is 0.348. The predicted octanol–water partition coefficient (Wildman–Crippen LogP) is 10.4. The van der Waals surface area contributed by atoms with Crippen molar-refractivity contribution in [3.63, 3.8) is 0 Å². The molecule has 0 unspecified atom stereocenters. The Morgan fingerprint density at radius 2 is 1.21 bits per heavy atom. The smallest absolute Gasteiger partial charge is 0.0729 e. The molecule has 2 rings (SSSR count). The van der Waals surface area contributed by atoms with E-state index in [9.17, 15) is 10.2 Å². The maximum absolute atomic E-state index is 10.1. The highest BCUT2D eigenvalue weighted by atomic mass is 16.3. The van der Waals surface area contributed by atoms with Crippen molar-refractivity contribution < 1.29 is 10.2 Å². The summed E-state index contributed by atoms with van der Waals surface area (Å²) in [4.78, 5) is 0. The van der Waals surface area contributed by atoms with Gasteiger partial charge in [-0.15, -0.1) is 0 Å². The van der Waals surface area contributed by atoms with E-state index < -0.39 is 0 Å². The number of hydrogen-bond acceptors (Lipinski definition) is 2. The first kappa shape index (κ1) is 35.3. The SMILES string of the molecule is CC1=C[C@H](O)CC(C)(C)[C@H]1/C=C/C(C)=C/C=C/C(C)=C\C=C\C=C(C)/C=C/C=C(C)/C=C/C1=C(C)C[C@@H](O)CC1(C)C. The average Bonchev–Trinajstić information content (AvgIpc) is 2.84. The minimum Gasteiger partial charge on any atom is -0.393 e. The molecule has 0 spiro atoms. The molecule has 42 heavy (non-hydrogen) atoms. The molecule has 0 heterocycles. The zero-order chi connectivity index (χ0) is 31.5. The van der Waals surface area contributed by atoms with Gasteiger partial charge in [-0.25, -0.2) is 0 Å². The molecule has 3 atom stereocenters. The molecule has 0 aliphatic heterocycles. The second kappa shape index (κ2) is 16.1. The molecule has 0 amide bonds. The Balaban J connectivity index is 1.90. The van der Waals surface area contributed by atoms with Gasteiger partial charge in [0.1, 0.15) is 0 Å². The van der Waals surface area contributed by atoms with Gasteiger partial charge < -0.3 is 10.2 Å². The summed E-state index contributed by atoms with van der Waals surface area (Å²) in [7, 11) is 0. The van der Waals surface area contributed by atoms with Crippen molar-refractivity contribution in [1.82, 2.24) is 0 Å². The largest absolute Gasteiger partial charge is 0.393 e. The van der Waals surface area contributed by atoms with Crippen LogP contribution in [0.4, 0.5) is 0 Å². The summed E-state index contributed by atoms with van der Waals surface area (Å²) < 4.78 is 0. The van der Waals surface area contributed by atoms with E-state index in [2.05, 4.69) is 154 Å². The number of aliphatic hydroxyl groups excluding tert-OH is 2. The van der Waals surface area contributed by atoms with Gasteiger partial charge in [-0.3, -0.25) is 0 Å². The lowest BCUT2D eigenvalue weighted by molar-refractivity contribution is 0.116. The van der Waals surface area contributed by atoms with Crippen LogP contribution in [0.25, 0.3) is 0 Å². The maximum Gasteiger partial charge on any atom is 0.0729 e. The van der Waals surface area contributed by atoms with E-state index >= 15 is 0 Å². The molecule has 0 bridgehead atoms. The van der Waals surface area contributed by atoms with Gasteiger partial charge in [-0.1, -0.05) is 152 Å². The molecule has 228 valence electrons. The Hall–Kier alpha value is -2.94. The Morgan fingerprint density at radius 3 is 1.74 bits per heavy atom. The number of allylic oxidation sites excluding steroid dienone is 20. The molecule has 2 nitrogen and oxygen atoms in total. The van der Waals surface area contributed by atoms with Crippen molar-refractivity contribution in [2.75, 3.05) is 0 Å². The molecule has 2 heteroatoms. The van der Waals surface area contributed by atoms with Gasteiger partial charge in [0.15, 0.2) is 0 Å². The van der Waals surface area contributed by atoms with Crippen molar-refractivity contribution in [2.24, 2.45) is 16.7 Å². The van der Waals surface area contributed by atoms with Gasteiger partial charge in [0, 0.05) is 5.92 Å². The summed E-state index contributed by atoms with van der Waals surface area (Å²) in [6.45, 7) is 21.6. The van der Waals surface area contributed by atoms with Crippen molar-refractivity contribution in [3.8, 4) is 0 Å². The van der Waals surface area contributed by atoms with Crippen LogP contribution < -0.4 is 0 Å². The molecule has 0 saturated heterocycles. The van der Waals surface area contributed by atoms with Crippen molar-refractivity contribution in [1.29, 1.82) is 0 Å².